The van der Waals surface area contributed by atoms with Crippen LogP contribution in [0.3, 0.4) is 0 Å². The van der Waals surface area contributed by atoms with Gasteiger partial charge in [-0.2, -0.15) is 5.26 Å². The van der Waals surface area contributed by atoms with Crippen molar-refractivity contribution >= 4 is 10.8 Å². The van der Waals surface area contributed by atoms with E-state index in [0.29, 0.717) is 5.39 Å². The molecule has 0 unspecified atom stereocenters. The van der Waals surface area contributed by atoms with Crippen LogP contribution in [-0.4, -0.2) is 0 Å². The van der Waals surface area contributed by atoms with Crippen LogP contribution in [0.5, 0.6) is 0 Å². The normalized spacial score (nSPS) is 17.3. The first kappa shape index (κ1) is 26.8. The van der Waals surface area contributed by atoms with Crippen LogP contribution in [0.4, 0.5) is 13.2 Å². The number of fused-ring (bicyclic) bond motifs is 1. The van der Waals surface area contributed by atoms with Crippen molar-refractivity contribution in [2.45, 2.75) is 77.6 Å². The zero-order valence-corrected chi connectivity index (χ0v) is 21.6. The van der Waals surface area contributed by atoms with Gasteiger partial charge in [-0.15, -0.1) is 0 Å². The van der Waals surface area contributed by atoms with Gasteiger partial charge in [0.05, 0.1) is 5.56 Å². The number of unbranched alkanes of at least 4 members (excludes halogenated alkanes) is 3. The highest BCUT2D eigenvalue weighted by Gasteiger charge is 2.20. The van der Waals surface area contributed by atoms with E-state index < -0.39 is 23.0 Å². The summed E-state index contributed by atoms with van der Waals surface area (Å²) in [4.78, 5) is 0. The smallest absolute Gasteiger partial charge is 0.146 e. The Morgan fingerprint density at radius 3 is 2.19 bits per heavy atom. The quantitative estimate of drug-likeness (QED) is 0.223. The molecule has 1 nitrogen and oxygen atoms in total. The number of hydrogen-bond donors (Lipinski definition) is 0. The molecule has 4 rings (SSSR count). The fourth-order valence-corrected chi connectivity index (χ4v) is 5.52. The van der Waals surface area contributed by atoms with Gasteiger partial charge in [-0.25, -0.2) is 13.2 Å². The zero-order chi connectivity index (χ0) is 26.2. The molecule has 0 heterocycles. The van der Waals surface area contributed by atoms with Crippen molar-refractivity contribution in [3.8, 4) is 17.9 Å². The van der Waals surface area contributed by atoms with Gasteiger partial charge < -0.3 is 0 Å². The van der Waals surface area contributed by atoms with E-state index in [4.69, 9.17) is 5.26 Å². The fraction of sp³-hybridized carbons (Fsp3) is 0.424. The summed E-state index contributed by atoms with van der Waals surface area (Å²) in [7, 11) is 0. The second-order valence-electron chi connectivity index (χ2n) is 10.4. The summed E-state index contributed by atoms with van der Waals surface area (Å²) in [6.45, 7) is 2.26. The Balaban J connectivity index is 1.36. The van der Waals surface area contributed by atoms with Crippen LogP contribution in [0.2, 0.25) is 0 Å². The molecule has 1 fully saturated rings. The van der Waals surface area contributed by atoms with Crippen LogP contribution in [-0.2, 0) is 6.42 Å². The number of rotatable bonds is 8. The minimum atomic E-state index is -0.978. The molecule has 1 aliphatic rings. The molecule has 3 aromatic carbocycles. The van der Waals surface area contributed by atoms with Gasteiger partial charge in [0.15, 0.2) is 0 Å². The minimum absolute atomic E-state index is 0.0503. The molecule has 0 aromatic heterocycles. The number of hydrogen-bond acceptors (Lipinski definition) is 1. The monoisotopic (exact) mass is 501 g/mol. The van der Waals surface area contributed by atoms with E-state index in [-0.39, 0.29) is 11.1 Å². The van der Waals surface area contributed by atoms with Crippen molar-refractivity contribution < 1.29 is 13.2 Å². The van der Waals surface area contributed by atoms with Gasteiger partial charge in [0.2, 0.25) is 0 Å². The predicted molar refractivity (Wildman–Crippen MR) is 143 cm³/mol. The molecule has 0 saturated heterocycles. The summed E-state index contributed by atoms with van der Waals surface area (Å²) in [5.41, 5.74) is 0.783. The third kappa shape index (κ3) is 6.95. The SMILES string of the molecule is CCCCCCC1CCC(CCc2ccc3c(F)c(C#Cc4cc(F)c(C#N)c(F)c4)ccc3c2)CC1. The van der Waals surface area contributed by atoms with Gasteiger partial charge in [0, 0.05) is 10.9 Å². The molecule has 0 amide bonds. The Bertz CT molecular complexity index is 1310. The Kier molecular flexibility index (Phi) is 9.29. The lowest BCUT2D eigenvalue weighted by Gasteiger charge is -2.28. The molecule has 3 aromatic rings. The average molecular weight is 502 g/mol. The third-order valence-electron chi connectivity index (χ3n) is 7.79. The lowest BCUT2D eigenvalue weighted by atomic mass is 9.77. The van der Waals surface area contributed by atoms with Crippen LogP contribution in [0, 0.1) is 52.5 Å². The van der Waals surface area contributed by atoms with Gasteiger partial charge in [-0.05, 0) is 53.8 Å². The molecular weight excluding hydrogens is 467 g/mol. The molecule has 0 aliphatic heterocycles. The number of halogens is 3. The van der Waals surface area contributed by atoms with Crippen molar-refractivity contribution in [1.82, 2.24) is 0 Å². The highest BCUT2D eigenvalue weighted by atomic mass is 19.1. The second-order valence-corrected chi connectivity index (χ2v) is 10.4. The average Bonchev–Trinajstić information content (AvgIpc) is 2.90. The third-order valence-corrected chi connectivity index (χ3v) is 7.79. The standard InChI is InChI=1S/C33H34F3N/c1-2-3-4-5-6-23-7-9-24(10-8-23)11-12-25-14-18-29-28(19-25)17-16-27(33(29)36)15-13-26-20-31(34)30(22-37)32(35)21-26/h14,16-21,23-24H,2-12H2,1H3. The summed E-state index contributed by atoms with van der Waals surface area (Å²) in [5, 5.41) is 10.1. The van der Waals surface area contributed by atoms with Crippen molar-refractivity contribution in [3.63, 3.8) is 0 Å². The van der Waals surface area contributed by atoms with E-state index in [0.717, 1.165) is 35.8 Å². The van der Waals surface area contributed by atoms with Crippen LogP contribution >= 0.6 is 0 Å². The molecule has 0 spiro atoms. The van der Waals surface area contributed by atoms with Gasteiger partial charge in [0.1, 0.15) is 29.1 Å². The number of nitrogens with zero attached hydrogens (tertiary/aromatic N) is 1. The van der Waals surface area contributed by atoms with Crippen molar-refractivity contribution in [3.05, 3.63) is 82.2 Å². The summed E-state index contributed by atoms with van der Waals surface area (Å²) in [6, 6.07) is 12.8. The molecule has 0 radical (unpaired) electrons. The van der Waals surface area contributed by atoms with E-state index in [1.54, 1.807) is 12.1 Å². The first-order valence-electron chi connectivity index (χ1n) is 13.6. The molecule has 192 valence electrons. The first-order valence-corrected chi connectivity index (χ1v) is 13.6. The van der Waals surface area contributed by atoms with Crippen LogP contribution in [0.25, 0.3) is 10.8 Å². The maximum atomic E-state index is 15.1. The fourth-order valence-electron chi connectivity index (χ4n) is 5.52. The number of nitriles is 1. The van der Waals surface area contributed by atoms with Gasteiger partial charge >= 0.3 is 0 Å². The van der Waals surface area contributed by atoms with E-state index in [1.165, 1.54) is 75.8 Å². The number of aryl methyl sites for hydroxylation is 1. The van der Waals surface area contributed by atoms with Crippen molar-refractivity contribution in [1.29, 1.82) is 5.26 Å². The predicted octanol–water partition coefficient (Wildman–Crippen LogP) is 9.24. The molecular formula is C33H34F3N. The zero-order valence-electron chi connectivity index (χ0n) is 21.6. The minimum Gasteiger partial charge on any atom is -0.205 e. The van der Waals surface area contributed by atoms with Gasteiger partial charge in [-0.3, -0.25) is 0 Å². The highest BCUT2D eigenvalue weighted by molar-refractivity contribution is 5.85. The Morgan fingerprint density at radius 2 is 1.51 bits per heavy atom. The first-order chi connectivity index (χ1) is 18.0. The molecule has 4 heteroatoms. The van der Waals surface area contributed by atoms with Crippen molar-refractivity contribution in [2.24, 2.45) is 11.8 Å². The molecule has 0 atom stereocenters. The summed E-state index contributed by atoms with van der Waals surface area (Å²) in [5.74, 6) is 4.59. The molecule has 1 saturated carbocycles. The summed E-state index contributed by atoms with van der Waals surface area (Å²) >= 11 is 0. The summed E-state index contributed by atoms with van der Waals surface area (Å²) in [6.07, 6.45) is 14.4. The molecule has 0 bridgehead atoms. The molecule has 37 heavy (non-hydrogen) atoms. The lowest BCUT2D eigenvalue weighted by molar-refractivity contribution is 0.249. The van der Waals surface area contributed by atoms with E-state index >= 15 is 4.39 Å². The second kappa shape index (κ2) is 12.8. The van der Waals surface area contributed by atoms with E-state index in [1.807, 2.05) is 12.1 Å². The topological polar surface area (TPSA) is 23.8 Å². The van der Waals surface area contributed by atoms with Crippen LogP contribution in [0.15, 0.2) is 42.5 Å². The maximum absolute atomic E-state index is 15.1. The van der Waals surface area contributed by atoms with Crippen LogP contribution in [0.1, 0.15) is 93.4 Å². The van der Waals surface area contributed by atoms with E-state index in [2.05, 4.69) is 24.8 Å². The van der Waals surface area contributed by atoms with Gasteiger partial charge in [0.25, 0.3) is 0 Å². The Hall–Kier alpha value is -3.24. The molecule has 0 N–H and O–H groups in total. The Labute approximate surface area is 218 Å². The maximum Gasteiger partial charge on any atom is 0.146 e. The Morgan fingerprint density at radius 1 is 0.811 bits per heavy atom. The van der Waals surface area contributed by atoms with E-state index in [9.17, 15) is 8.78 Å². The van der Waals surface area contributed by atoms with Crippen LogP contribution < -0.4 is 0 Å². The number of benzene rings is 3. The highest BCUT2D eigenvalue weighted by Crippen LogP contribution is 2.34. The lowest BCUT2D eigenvalue weighted by Crippen LogP contribution is -2.15. The largest absolute Gasteiger partial charge is 0.205 e. The van der Waals surface area contributed by atoms with Gasteiger partial charge in [-0.1, -0.05) is 101 Å². The molecule has 1 aliphatic carbocycles. The summed E-state index contributed by atoms with van der Waals surface area (Å²) < 4.78 is 42.8. The van der Waals surface area contributed by atoms with Crippen molar-refractivity contribution in [2.75, 3.05) is 0 Å².